The van der Waals surface area contributed by atoms with Gasteiger partial charge in [0.25, 0.3) is 5.91 Å². The lowest BCUT2D eigenvalue weighted by atomic mass is 10.0. The van der Waals surface area contributed by atoms with Crippen molar-refractivity contribution in [2.75, 3.05) is 23.8 Å². The first kappa shape index (κ1) is 29.8. The Balaban J connectivity index is 1.40. The maximum Gasteiger partial charge on any atom is 0.352 e. The number of aromatic nitrogens is 4. The predicted octanol–water partition coefficient (Wildman–Crippen LogP) is -0.761. The summed E-state index contributed by atoms with van der Waals surface area (Å²) >= 11 is 2.43. The summed E-state index contributed by atoms with van der Waals surface area (Å²) in [5.74, 6) is -2.25. The van der Waals surface area contributed by atoms with Gasteiger partial charge in [0.05, 0.1) is 12.3 Å². The zero-order valence-electron chi connectivity index (χ0n) is 21.3. The van der Waals surface area contributed by atoms with Crippen LogP contribution < -0.4 is 15.8 Å². The predicted molar refractivity (Wildman–Crippen MR) is 145 cm³/mol. The van der Waals surface area contributed by atoms with Gasteiger partial charge in [-0.15, -0.1) is 16.9 Å². The quantitative estimate of drug-likeness (QED) is 0.139. The molecule has 0 bridgehead atoms. The van der Waals surface area contributed by atoms with Crippen LogP contribution in [0.15, 0.2) is 40.7 Å². The lowest BCUT2D eigenvalue weighted by Crippen LogP contribution is -2.71. The van der Waals surface area contributed by atoms with Crippen LogP contribution in [0, 0.1) is 0 Å². The molecule has 0 saturated carbocycles. The molecule has 3 heterocycles. The SMILES string of the molecule is CCCNS(=O)(=O)CCn1nnnc1SCC1=C(C(=O)O)N2C(=O)C(NC(=O)C(N)c3ccc(O)cc3)[C@H]2SC1. The molecule has 0 spiro atoms. The smallest absolute Gasteiger partial charge is 0.352 e. The van der Waals surface area contributed by atoms with Crippen LogP contribution >= 0.6 is 23.5 Å². The van der Waals surface area contributed by atoms with Crippen LogP contribution in [0.3, 0.4) is 0 Å². The van der Waals surface area contributed by atoms with E-state index in [1.165, 1.54) is 40.7 Å². The highest BCUT2D eigenvalue weighted by atomic mass is 32.2. The Bertz CT molecular complexity index is 1410. The van der Waals surface area contributed by atoms with E-state index in [9.17, 15) is 33.0 Å². The minimum Gasteiger partial charge on any atom is -0.508 e. The number of carboxylic acid groups (broad SMARTS) is 1. The van der Waals surface area contributed by atoms with E-state index in [0.717, 1.165) is 16.7 Å². The van der Waals surface area contributed by atoms with E-state index in [-0.39, 0.29) is 35.2 Å². The molecule has 0 radical (unpaired) electrons. The molecular weight excluding hydrogens is 584 g/mol. The molecule has 2 aliphatic rings. The number of benzene rings is 1. The minimum atomic E-state index is -3.50. The number of aryl methyl sites for hydroxylation is 1. The highest BCUT2D eigenvalue weighted by molar-refractivity contribution is 8.01. The number of amides is 2. The zero-order valence-corrected chi connectivity index (χ0v) is 23.7. The van der Waals surface area contributed by atoms with Crippen molar-refractivity contribution >= 4 is 51.3 Å². The molecule has 4 rings (SSSR count). The Morgan fingerprint density at radius 1 is 1.30 bits per heavy atom. The first-order chi connectivity index (χ1) is 19.0. The Morgan fingerprint density at radius 3 is 2.70 bits per heavy atom. The average Bonchev–Trinajstić information content (AvgIpc) is 3.39. The molecule has 2 aliphatic heterocycles. The molecule has 1 saturated heterocycles. The largest absolute Gasteiger partial charge is 0.508 e. The number of hydrogen-bond acceptors (Lipinski definition) is 12. The van der Waals surface area contributed by atoms with Crippen molar-refractivity contribution in [2.24, 2.45) is 5.73 Å². The van der Waals surface area contributed by atoms with Gasteiger partial charge in [-0.2, -0.15) is 0 Å². The summed E-state index contributed by atoms with van der Waals surface area (Å²) < 4.78 is 28.0. The van der Waals surface area contributed by atoms with E-state index >= 15 is 0 Å². The molecule has 1 fully saturated rings. The van der Waals surface area contributed by atoms with Crippen LogP contribution in [0.2, 0.25) is 0 Å². The number of rotatable bonds is 13. The number of carbonyl (C=O) groups excluding carboxylic acids is 2. The van der Waals surface area contributed by atoms with Crippen molar-refractivity contribution in [1.29, 1.82) is 0 Å². The molecule has 0 aliphatic carbocycles. The van der Waals surface area contributed by atoms with Gasteiger partial charge >= 0.3 is 5.97 Å². The lowest BCUT2D eigenvalue weighted by molar-refractivity contribution is -0.150. The first-order valence-electron chi connectivity index (χ1n) is 12.1. The number of phenols is 1. The van der Waals surface area contributed by atoms with Crippen LogP contribution in [-0.4, -0.2) is 96.7 Å². The van der Waals surface area contributed by atoms with Crippen LogP contribution in [0.4, 0.5) is 0 Å². The van der Waals surface area contributed by atoms with E-state index in [1.807, 2.05) is 6.92 Å². The highest BCUT2D eigenvalue weighted by Crippen LogP contribution is 2.41. The number of nitrogens with one attached hydrogen (secondary N) is 2. The van der Waals surface area contributed by atoms with Crippen molar-refractivity contribution in [2.45, 2.75) is 42.5 Å². The van der Waals surface area contributed by atoms with E-state index in [0.29, 0.717) is 29.3 Å². The van der Waals surface area contributed by atoms with Gasteiger partial charge < -0.3 is 21.3 Å². The van der Waals surface area contributed by atoms with Gasteiger partial charge in [-0.05, 0) is 40.1 Å². The third-order valence-corrected chi connectivity index (χ3v) is 9.85. The number of β-lactam (4-membered cyclic amide) rings is 1. The molecule has 3 atom stereocenters. The second-order valence-corrected chi connectivity index (χ2v) is 12.9. The number of hydrogen-bond donors (Lipinski definition) is 5. The van der Waals surface area contributed by atoms with E-state index in [4.69, 9.17) is 5.73 Å². The normalized spacial score (nSPS) is 19.6. The summed E-state index contributed by atoms with van der Waals surface area (Å²) in [7, 11) is -3.50. The number of thioether (sulfide) groups is 2. The number of aromatic hydroxyl groups is 1. The van der Waals surface area contributed by atoms with E-state index in [1.54, 1.807) is 0 Å². The zero-order chi connectivity index (χ0) is 29.0. The summed E-state index contributed by atoms with van der Waals surface area (Å²) in [6, 6.07) is 3.75. The number of carbonyl (C=O) groups is 3. The van der Waals surface area contributed by atoms with E-state index < -0.39 is 45.3 Å². The number of nitrogens with two attached hydrogens (primary N) is 1. The topological polar surface area (TPSA) is 223 Å². The number of tetrazole rings is 1. The van der Waals surface area contributed by atoms with Gasteiger partial charge in [0, 0.05) is 18.1 Å². The maximum absolute atomic E-state index is 13.0. The number of fused-ring (bicyclic) bond motifs is 1. The van der Waals surface area contributed by atoms with Gasteiger partial charge in [0.1, 0.15) is 28.9 Å². The third-order valence-electron chi connectivity index (χ3n) is 6.10. The molecule has 216 valence electrons. The molecule has 2 aromatic rings. The summed E-state index contributed by atoms with van der Waals surface area (Å²) in [6.45, 7) is 2.19. The van der Waals surface area contributed by atoms with Crippen molar-refractivity contribution < 1.29 is 33.0 Å². The number of phenolic OH excluding ortho intramolecular Hbond substituents is 1. The summed E-state index contributed by atoms with van der Waals surface area (Å²) in [5.41, 5.74) is 6.74. The monoisotopic (exact) mass is 612 g/mol. The molecule has 2 unspecified atom stereocenters. The molecule has 15 nitrogen and oxygen atoms in total. The number of nitrogens with zero attached hydrogens (tertiary/aromatic N) is 5. The Hall–Kier alpha value is -3.19. The number of aliphatic carboxylic acids is 1. The second-order valence-electron chi connectivity index (χ2n) is 8.91. The van der Waals surface area contributed by atoms with Gasteiger partial charge in [0.15, 0.2) is 0 Å². The van der Waals surface area contributed by atoms with Crippen molar-refractivity contribution in [3.63, 3.8) is 0 Å². The second kappa shape index (κ2) is 12.5. The van der Waals surface area contributed by atoms with Crippen LogP contribution in [0.1, 0.15) is 24.9 Å². The Labute approximate surface area is 238 Å². The van der Waals surface area contributed by atoms with Crippen LogP contribution in [0.25, 0.3) is 0 Å². The fraction of sp³-hybridized carbons (Fsp3) is 0.455. The molecule has 40 heavy (non-hydrogen) atoms. The van der Waals surface area contributed by atoms with Crippen molar-refractivity contribution in [3.8, 4) is 5.75 Å². The molecular formula is C22H28N8O7S3. The average molecular weight is 613 g/mol. The first-order valence-corrected chi connectivity index (χ1v) is 15.8. The highest BCUT2D eigenvalue weighted by Gasteiger charge is 2.54. The fourth-order valence-electron chi connectivity index (χ4n) is 4.00. The van der Waals surface area contributed by atoms with Crippen LogP contribution in [0.5, 0.6) is 5.75 Å². The number of carboxylic acids is 1. The van der Waals surface area contributed by atoms with Crippen molar-refractivity contribution in [1.82, 2.24) is 35.1 Å². The standard InChI is InChI=1S/C22H28N8O7S3/c1-2-7-24-40(36,37)9-8-29-22(26-27-28-29)39-11-13-10-38-20-16(19(33)30(20)17(13)21(34)35)25-18(32)15(23)12-3-5-14(31)6-4-12/h3-6,15-16,20,24,31H,2,7-11,23H2,1H3,(H,25,32)(H,34,35)/t15?,16?,20-/m1/s1. The third kappa shape index (κ3) is 6.57. The van der Waals surface area contributed by atoms with Gasteiger partial charge in [-0.3, -0.25) is 14.5 Å². The minimum absolute atomic E-state index is 0.00824. The van der Waals surface area contributed by atoms with Gasteiger partial charge in [-0.25, -0.2) is 22.6 Å². The summed E-state index contributed by atoms with van der Waals surface area (Å²) in [6.07, 6.45) is 0.658. The molecule has 6 N–H and O–H groups in total. The number of sulfonamides is 1. The summed E-state index contributed by atoms with van der Waals surface area (Å²) in [4.78, 5) is 39.0. The molecule has 1 aromatic carbocycles. The van der Waals surface area contributed by atoms with E-state index in [2.05, 4.69) is 25.6 Å². The summed E-state index contributed by atoms with van der Waals surface area (Å²) in [5, 5.41) is 33.0. The molecule has 2 amide bonds. The Kier molecular flexibility index (Phi) is 9.34. The lowest BCUT2D eigenvalue weighted by Gasteiger charge is -2.49. The van der Waals surface area contributed by atoms with Crippen molar-refractivity contribution in [3.05, 3.63) is 41.1 Å². The fourth-order valence-corrected chi connectivity index (χ4v) is 7.46. The Morgan fingerprint density at radius 2 is 2.02 bits per heavy atom. The van der Waals surface area contributed by atoms with Gasteiger partial charge in [-0.1, -0.05) is 30.8 Å². The maximum atomic E-state index is 13.0. The van der Waals surface area contributed by atoms with Crippen LogP contribution in [-0.2, 0) is 31.0 Å². The molecule has 1 aromatic heterocycles. The van der Waals surface area contributed by atoms with Gasteiger partial charge in [0.2, 0.25) is 21.1 Å². The molecule has 18 heteroatoms.